The van der Waals surface area contributed by atoms with Crippen molar-refractivity contribution in [2.75, 3.05) is 7.11 Å². The summed E-state index contributed by atoms with van der Waals surface area (Å²) < 4.78 is 50.9. The Morgan fingerprint density at radius 2 is 1.93 bits per heavy atom. The van der Waals surface area contributed by atoms with Gasteiger partial charge in [0.25, 0.3) is 0 Å². The van der Waals surface area contributed by atoms with Gasteiger partial charge in [-0.2, -0.15) is 13.2 Å². The highest BCUT2D eigenvalue weighted by Crippen LogP contribution is 2.37. The lowest BCUT2D eigenvalue weighted by Gasteiger charge is -2.18. The number of methoxy groups -OCH3 is 1. The first-order valence-corrected chi connectivity index (χ1v) is 10.0. The lowest BCUT2D eigenvalue weighted by atomic mass is 10.1. The Balaban J connectivity index is 1.65. The summed E-state index contributed by atoms with van der Waals surface area (Å²) in [5.41, 5.74) is 0.534. The number of aromatic nitrogens is 2. The third kappa shape index (κ3) is 4.26. The van der Waals surface area contributed by atoms with Gasteiger partial charge in [-0.25, -0.2) is 4.98 Å². The number of alkyl halides is 3. The van der Waals surface area contributed by atoms with Crippen LogP contribution in [0.1, 0.15) is 42.6 Å². The lowest BCUT2D eigenvalue weighted by molar-refractivity contribution is -0.137. The molecule has 0 aliphatic heterocycles. The summed E-state index contributed by atoms with van der Waals surface area (Å²) in [6.45, 7) is 0. The van der Waals surface area contributed by atoms with E-state index in [1.54, 1.807) is 19.3 Å². The first kappa shape index (κ1) is 20.6. The molecule has 1 heterocycles. The minimum atomic E-state index is -4.53. The van der Waals surface area contributed by atoms with Gasteiger partial charge in [-0.1, -0.05) is 23.7 Å². The van der Waals surface area contributed by atoms with E-state index in [9.17, 15) is 13.2 Å². The monoisotopic (exact) mass is 436 g/mol. The Hall–Kier alpha value is -2.67. The van der Waals surface area contributed by atoms with Crippen LogP contribution in [0.4, 0.5) is 13.2 Å². The smallest absolute Gasteiger partial charge is 0.417 e. The molecular formula is C22H20ClF3N2O2. The van der Waals surface area contributed by atoms with Gasteiger partial charge in [-0.15, -0.1) is 0 Å². The Morgan fingerprint density at radius 1 is 1.17 bits per heavy atom. The van der Waals surface area contributed by atoms with Crippen LogP contribution in [0.5, 0.6) is 11.5 Å². The van der Waals surface area contributed by atoms with Crippen molar-refractivity contribution in [1.82, 2.24) is 9.97 Å². The molecule has 0 atom stereocenters. The highest BCUT2D eigenvalue weighted by molar-refractivity contribution is 6.32. The van der Waals surface area contributed by atoms with Crippen LogP contribution in [0.2, 0.25) is 5.02 Å². The molecule has 3 aromatic rings. The van der Waals surface area contributed by atoms with Crippen LogP contribution >= 0.6 is 11.6 Å². The summed E-state index contributed by atoms with van der Waals surface area (Å²) in [6.07, 6.45) is 3.43. The topological polar surface area (TPSA) is 47.1 Å². The molecular weight excluding hydrogens is 417 g/mol. The maximum Gasteiger partial charge on any atom is 0.417 e. The summed E-state index contributed by atoms with van der Waals surface area (Å²) in [5, 5.41) is -0.378. The normalized spacial score (nSPS) is 15.4. The van der Waals surface area contributed by atoms with Crippen LogP contribution < -0.4 is 9.47 Å². The van der Waals surface area contributed by atoms with Crippen LogP contribution in [0, 0.1) is 0 Å². The molecule has 1 aliphatic carbocycles. The number of ether oxygens (including phenoxy) is 2. The zero-order valence-electron chi connectivity index (χ0n) is 16.2. The van der Waals surface area contributed by atoms with E-state index in [0.29, 0.717) is 22.8 Å². The molecule has 0 bridgehead atoms. The van der Waals surface area contributed by atoms with Crippen molar-refractivity contribution in [3.63, 3.8) is 0 Å². The van der Waals surface area contributed by atoms with E-state index in [4.69, 9.17) is 21.1 Å². The number of nitrogens with zero attached hydrogens (tertiary/aromatic N) is 1. The number of H-pyrrole nitrogens is 1. The van der Waals surface area contributed by atoms with Gasteiger partial charge in [0.1, 0.15) is 5.82 Å². The summed E-state index contributed by atoms with van der Waals surface area (Å²) in [7, 11) is 1.59. The molecule has 0 saturated heterocycles. The van der Waals surface area contributed by atoms with Gasteiger partial charge in [0, 0.05) is 5.56 Å². The summed E-state index contributed by atoms with van der Waals surface area (Å²) in [4.78, 5) is 7.22. The highest BCUT2D eigenvalue weighted by atomic mass is 35.5. The quantitative estimate of drug-likeness (QED) is 0.482. The van der Waals surface area contributed by atoms with Gasteiger partial charge < -0.3 is 14.5 Å². The predicted octanol–water partition coefficient (Wildman–Crippen LogP) is 6.74. The van der Waals surface area contributed by atoms with E-state index in [2.05, 4.69) is 9.97 Å². The van der Waals surface area contributed by atoms with Crippen molar-refractivity contribution >= 4 is 34.8 Å². The van der Waals surface area contributed by atoms with E-state index < -0.39 is 11.7 Å². The van der Waals surface area contributed by atoms with Crippen LogP contribution in [-0.4, -0.2) is 23.2 Å². The van der Waals surface area contributed by atoms with E-state index >= 15 is 0 Å². The SMILES string of the molecule is COc1cccc(/C=C/c2nc3cc(Cl)c(C(F)(F)F)cc3[nH]2)c1OC1CCCC1. The molecule has 1 N–H and O–H groups in total. The van der Waals surface area contributed by atoms with E-state index in [-0.39, 0.29) is 16.6 Å². The van der Waals surface area contributed by atoms with Crippen molar-refractivity contribution < 1.29 is 22.6 Å². The maximum atomic E-state index is 13.1. The fourth-order valence-electron chi connectivity index (χ4n) is 3.64. The third-order valence-corrected chi connectivity index (χ3v) is 5.44. The number of nitrogens with one attached hydrogen (secondary N) is 1. The molecule has 0 spiro atoms. The fourth-order valence-corrected chi connectivity index (χ4v) is 3.90. The molecule has 158 valence electrons. The van der Waals surface area contributed by atoms with E-state index in [0.717, 1.165) is 37.3 Å². The number of para-hydroxylation sites is 1. The molecule has 1 fully saturated rings. The summed E-state index contributed by atoms with van der Waals surface area (Å²) in [6, 6.07) is 7.78. The van der Waals surface area contributed by atoms with E-state index in [1.807, 2.05) is 18.2 Å². The number of benzene rings is 2. The van der Waals surface area contributed by atoms with Crippen LogP contribution in [0.3, 0.4) is 0 Å². The van der Waals surface area contributed by atoms with Gasteiger partial charge >= 0.3 is 6.18 Å². The third-order valence-electron chi connectivity index (χ3n) is 5.13. The number of fused-ring (bicyclic) bond motifs is 1. The second-order valence-corrected chi connectivity index (χ2v) is 7.61. The minimum absolute atomic E-state index is 0.155. The van der Waals surface area contributed by atoms with E-state index in [1.165, 1.54) is 6.07 Å². The van der Waals surface area contributed by atoms with Gasteiger partial charge in [0.2, 0.25) is 0 Å². The number of imidazole rings is 1. The molecule has 0 unspecified atom stereocenters. The maximum absolute atomic E-state index is 13.1. The van der Waals surface area contributed by atoms with Gasteiger partial charge in [0.05, 0.1) is 34.8 Å². The van der Waals surface area contributed by atoms with Crippen molar-refractivity contribution in [3.05, 3.63) is 52.3 Å². The zero-order chi connectivity index (χ0) is 21.3. The van der Waals surface area contributed by atoms with Crippen LogP contribution in [0.25, 0.3) is 23.2 Å². The molecule has 2 aromatic carbocycles. The van der Waals surface area contributed by atoms with Crippen LogP contribution in [0.15, 0.2) is 30.3 Å². The first-order chi connectivity index (χ1) is 14.3. The fraction of sp³-hybridized carbons (Fsp3) is 0.318. The molecule has 1 saturated carbocycles. The molecule has 0 radical (unpaired) electrons. The predicted molar refractivity (Wildman–Crippen MR) is 111 cm³/mol. The Labute approximate surface area is 176 Å². The highest BCUT2D eigenvalue weighted by Gasteiger charge is 2.33. The van der Waals surface area contributed by atoms with Gasteiger partial charge in [-0.3, -0.25) is 0 Å². The molecule has 4 rings (SSSR count). The Kier molecular flexibility index (Phi) is 5.64. The first-order valence-electron chi connectivity index (χ1n) is 9.63. The number of aromatic amines is 1. The molecule has 1 aromatic heterocycles. The number of hydrogen-bond donors (Lipinski definition) is 1. The average Bonchev–Trinajstić information content (AvgIpc) is 3.34. The number of rotatable bonds is 5. The molecule has 0 amide bonds. The largest absolute Gasteiger partial charge is 0.493 e. The van der Waals surface area contributed by atoms with Crippen molar-refractivity contribution in [2.24, 2.45) is 0 Å². The molecule has 4 nitrogen and oxygen atoms in total. The minimum Gasteiger partial charge on any atom is -0.493 e. The van der Waals surface area contributed by atoms with Gasteiger partial charge in [0.15, 0.2) is 11.5 Å². The Bertz CT molecular complexity index is 1090. The lowest BCUT2D eigenvalue weighted by Crippen LogP contribution is -2.12. The zero-order valence-corrected chi connectivity index (χ0v) is 17.0. The van der Waals surface area contributed by atoms with Crippen molar-refractivity contribution in [2.45, 2.75) is 38.0 Å². The standard InChI is InChI=1S/C22H20ClF3N2O2/c1-29-19-8-4-5-13(21(19)30-14-6-2-3-7-14)9-10-20-27-17-11-15(22(24,25)26)16(23)12-18(17)28-20/h4-5,8-12,14H,2-3,6-7H2,1H3,(H,27,28)/b10-9+. The van der Waals surface area contributed by atoms with Crippen molar-refractivity contribution in [1.29, 1.82) is 0 Å². The summed E-state index contributed by atoms with van der Waals surface area (Å²) >= 11 is 5.78. The molecule has 30 heavy (non-hydrogen) atoms. The second kappa shape index (κ2) is 8.22. The van der Waals surface area contributed by atoms with Crippen LogP contribution in [-0.2, 0) is 6.18 Å². The molecule has 1 aliphatic rings. The van der Waals surface area contributed by atoms with Crippen molar-refractivity contribution in [3.8, 4) is 11.5 Å². The summed E-state index contributed by atoms with van der Waals surface area (Å²) in [5.74, 6) is 1.70. The number of halogens is 4. The Morgan fingerprint density at radius 3 is 2.63 bits per heavy atom. The van der Waals surface area contributed by atoms with Gasteiger partial charge in [-0.05, 0) is 56.0 Å². The second-order valence-electron chi connectivity index (χ2n) is 7.21. The number of hydrogen-bond acceptors (Lipinski definition) is 3. The molecule has 8 heteroatoms. The average molecular weight is 437 g/mol.